The van der Waals surface area contributed by atoms with E-state index in [1.807, 2.05) is 30.5 Å². The highest BCUT2D eigenvalue weighted by molar-refractivity contribution is 7.99. The van der Waals surface area contributed by atoms with Crippen molar-refractivity contribution in [3.63, 3.8) is 0 Å². The van der Waals surface area contributed by atoms with Crippen molar-refractivity contribution in [1.29, 1.82) is 0 Å². The van der Waals surface area contributed by atoms with Crippen LogP contribution in [0.4, 0.5) is 5.69 Å². The number of esters is 2. The molecule has 9 heteroatoms. The van der Waals surface area contributed by atoms with Crippen LogP contribution in [0.15, 0.2) is 46.9 Å². The molecule has 0 saturated carbocycles. The van der Waals surface area contributed by atoms with Gasteiger partial charge in [0.15, 0.2) is 5.16 Å². The summed E-state index contributed by atoms with van der Waals surface area (Å²) in [5.74, 6) is -0.201. The van der Waals surface area contributed by atoms with Crippen molar-refractivity contribution in [2.75, 3.05) is 38.2 Å². The topological polar surface area (TPSA) is 82.9 Å². The first kappa shape index (κ1) is 18.6. The first-order valence-corrected chi connectivity index (χ1v) is 9.66. The van der Waals surface area contributed by atoms with Crippen LogP contribution in [0.3, 0.4) is 0 Å². The number of benzene rings is 1. The quantitative estimate of drug-likeness (QED) is 0.720. The van der Waals surface area contributed by atoms with Crippen LogP contribution in [0.1, 0.15) is 0 Å². The minimum Gasteiger partial charge on any atom is -0.466 e. The molecule has 0 N–H and O–H groups in total. The molecule has 1 aromatic heterocycles. The first-order chi connectivity index (χ1) is 13.6. The van der Waals surface area contributed by atoms with Crippen molar-refractivity contribution >= 4 is 29.4 Å². The summed E-state index contributed by atoms with van der Waals surface area (Å²) in [5.41, 5.74) is 2.72. The number of hydrogen-bond donors (Lipinski definition) is 0. The molecule has 0 amide bonds. The average Bonchev–Trinajstić information content (AvgIpc) is 3.34. The van der Waals surface area contributed by atoms with Crippen LogP contribution in [-0.2, 0) is 30.3 Å². The van der Waals surface area contributed by atoms with E-state index in [4.69, 9.17) is 14.2 Å². The number of imidazole rings is 1. The van der Waals surface area contributed by atoms with Gasteiger partial charge in [0.1, 0.15) is 12.4 Å². The second-order valence-electron chi connectivity index (χ2n) is 6.22. The number of carbonyl (C=O) groups is 2. The van der Waals surface area contributed by atoms with E-state index < -0.39 is 11.9 Å². The third-order valence-electron chi connectivity index (χ3n) is 4.59. The summed E-state index contributed by atoms with van der Waals surface area (Å²) in [4.78, 5) is 30.8. The Morgan fingerprint density at radius 2 is 2.04 bits per heavy atom. The van der Waals surface area contributed by atoms with Gasteiger partial charge < -0.3 is 23.7 Å². The van der Waals surface area contributed by atoms with Gasteiger partial charge in [0.25, 0.3) is 0 Å². The molecule has 1 aromatic carbocycles. The van der Waals surface area contributed by atoms with Crippen molar-refractivity contribution in [2.45, 2.75) is 11.7 Å². The van der Waals surface area contributed by atoms with Gasteiger partial charge in [0, 0.05) is 29.7 Å². The molecule has 2 aliphatic rings. The average molecular weight is 401 g/mol. The molecular weight excluding hydrogens is 382 g/mol. The fourth-order valence-corrected chi connectivity index (χ4v) is 4.17. The summed E-state index contributed by atoms with van der Waals surface area (Å²) in [6.07, 6.45) is 2.03. The molecule has 28 heavy (non-hydrogen) atoms. The maximum Gasteiger partial charge on any atom is 0.355 e. The molecule has 0 unspecified atom stereocenters. The highest BCUT2D eigenvalue weighted by Gasteiger charge is 2.32. The van der Waals surface area contributed by atoms with Gasteiger partial charge in [0.05, 0.1) is 32.1 Å². The van der Waals surface area contributed by atoms with E-state index in [2.05, 4.69) is 9.55 Å². The lowest BCUT2D eigenvalue weighted by atomic mass is 10.1. The highest BCUT2D eigenvalue weighted by Crippen LogP contribution is 2.32. The lowest BCUT2D eigenvalue weighted by Crippen LogP contribution is -2.38. The number of fused-ring (bicyclic) bond motifs is 1. The van der Waals surface area contributed by atoms with Gasteiger partial charge in [-0.2, -0.15) is 0 Å². The Bertz CT molecular complexity index is 947. The Balaban J connectivity index is 1.74. The molecule has 0 aliphatic carbocycles. The number of aryl methyl sites for hydroxylation is 1. The van der Waals surface area contributed by atoms with Crippen molar-refractivity contribution < 1.29 is 23.8 Å². The zero-order valence-electron chi connectivity index (χ0n) is 15.5. The maximum absolute atomic E-state index is 12.4. The second kappa shape index (κ2) is 7.69. The third-order valence-corrected chi connectivity index (χ3v) is 5.56. The number of thioether (sulfide) groups is 1. The molecule has 4 rings (SSSR count). The predicted molar refractivity (Wildman–Crippen MR) is 103 cm³/mol. The van der Waals surface area contributed by atoms with Crippen molar-refractivity contribution in [2.24, 2.45) is 0 Å². The lowest BCUT2D eigenvalue weighted by molar-refractivity contribution is -0.140. The number of anilines is 1. The molecule has 0 spiro atoms. The van der Waals surface area contributed by atoms with Crippen LogP contribution in [0.25, 0.3) is 11.3 Å². The minimum absolute atomic E-state index is 0.0156. The summed E-state index contributed by atoms with van der Waals surface area (Å²) in [6.45, 7) is 1.05. The molecular formula is C19H19N3O5S. The maximum atomic E-state index is 12.4. The second-order valence-corrected chi connectivity index (χ2v) is 7.28. The van der Waals surface area contributed by atoms with E-state index in [0.717, 1.165) is 28.7 Å². The van der Waals surface area contributed by atoms with Crippen LogP contribution in [0, 0.1) is 0 Å². The van der Waals surface area contributed by atoms with Gasteiger partial charge in [0.2, 0.25) is 0 Å². The van der Waals surface area contributed by atoms with E-state index in [1.165, 1.54) is 14.2 Å². The van der Waals surface area contributed by atoms with Crippen LogP contribution in [0.2, 0.25) is 0 Å². The van der Waals surface area contributed by atoms with Gasteiger partial charge >= 0.3 is 11.9 Å². The number of hydrogen-bond acceptors (Lipinski definition) is 8. The Morgan fingerprint density at radius 3 is 2.79 bits per heavy atom. The van der Waals surface area contributed by atoms with Gasteiger partial charge in [-0.1, -0.05) is 23.9 Å². The molecule has 0 radical (unpaired) electrons. The Labute approximate surface area is 166 Å². The van der Waals surface area contributed by atoms with Crippen LogP contribution in [0.5, 0.6) is 0 Å². The number of carbonyl (C=O) groups excluding carboxylic acids is 2. The largest absolute Gasteiger partial charge is 0.466 e. The summed E-state index contributed by atoms with van der Waals surface area (Å²) >= 11 is 1.73. The minimum atomic E-state index is -0.621. The molecule has 3 heterocycles. The van der Waals surface area contributed by atoms with E-state index in [9.17, 15) is 9.59 Å². The SMILES string of the molecule is COC(=O)C1=C(C(=O)OC)N(c2cccc(-c3cn4c(n3)SCC4)c2)COC1. The molecule has 146 valence electrons. The number of methoxy groups -OCH3 is 2. The monoisotopic (exact) mass is 401 g/mol. The third kappa shape index (κ3) is 3.27. The number of ether oxygens (including phenoxy) is 3. The fraction of sp³-hybridized carbons (Fsp3) is 0.316. The van der Waals surface area contributed by atoms with E-state index in [-0.39, 0.29) is 24.6 Å². The molecule has 0 bridgehead atoms. The van der Waals surface area contributed by atoms with E-state index in [0.29, 0.717) is 5.69 Å². The Morgan fingerprint density at radius 1 is 1.21 bits per heavy atom. The van der Waals surface area contributed by atoms with Gasteiger partial charge in [-0.05, 0) is 12.1 Å². The van der Waals surface area contributed by atoms with Crippen molar-refractivity contribution in [3.05, 3.63) is 41.7 Å². The van der Waals surface area contributed by atoms with Crippen LogP contribution >= 0.6 is 11.8 Å². The highest BCUT2D eigenvalue weighted by atomic mass is 32.2. The smallest absolute Gasteiger partial charge is 0.355 e. The normalized spacial score (nSPS) is 16.1. The van der Waals surface area contributed by atoms with Crippen molar-refractivity contribution in [3.8, 4) is 11.3 Å². The summed E-state index contributed by atoms with van der Waals surface area (Å²) < 4.78 is 17.4. The molecule has 0 saturated heterocycles. The zero-order valence-corrected chi connectivity index (χ0v) is 16.3. The molecule has 0 fully saturated rings. The number of rotatable bonds is 4. The van der Waals surface area contributed by atoms with E-state index in [1.54, 1.807) is 16.7 Å². The van der Waals surface area contributed by atoms with Crippen LogP contribution in [-0.4, -0.2) is 54.8 Å². The lowest BCUT2D eigenvalue weighted by Gasteiger charge is -2.31. The summed E-state index contributed by atoms with van der Waals surface area (Å²) in [6, 6.07) is 7.59. The molecule has 2 aromatic rings. The first-order valence-electron chi connectivity index (χ1n) is 8.68. The zero-order chi connectivity index (χ0) is 19.7. The predicted octanol–water partition coefficient (Wildman–Crippen LogP) is 2.05. The molecule has 2 aliphatic heterocycles. The van der Waals surface area contributed by atoms with Gasteiger partial charge in [-0.15, -0.1) is 0 Å². The van der Waals surface area contributed by atoms with Gasteiger partial charge in [-0.25, -0.2) is 14.6 Å². The van der Waals surface area contributed by atoms with Gasteiger partial charge in [-0.3, -0.25) is 0 Å². The van der Waals surface area contributed by atoms with E-state index >= 15 is 0 Å². The Kier molecular flexibility index (Phi) is 5.10. The number of aromatic nitrogens is 2. The van der Waals surface area contributed by atoms with Crippen molar-refractivity contribution in [1.82, 2.24) is 9.55 Å². The number of nitrogens with zero attached hydrogens (tertiary/aromatic N) is 3. The molecule has 0 atom stereocenters. The summed E-state index contributed by atoms with van der Waals surface area (Å²) in [7, 11) is 2.54. The fourth-order valence-electron chi connectivity index (χ4n) is 3.23. The Hall–Kier alpha value is -2.78. The molecule has 8 nitrogen and oxygen atoms in total. The standard InChI is InChI=1S/C19H19N3O5S/c1-25-17(23)14-10-27-11-22(16(14)18(24)26-2)13-5-3-4-12(8-13)15-9-21-6-7-28-19(21)20-15/h3-5,8-9H,6-7,10-11H2,1-2H3. The van der Waals surface area contributed by atoms with Crippen LogP contribution < -0.4 is 4.90 Å². The summed E-state index contributed by atoms with van der Waals surface area (Å²) in [5, 5.41) is 1.00.